The molecule has 1 saturated carbocycles. The van der Waals surface area contributed by atoms with E-state index >= 15 is 0 Å². The molecule has 1 aromatic rings. The zero-order valence-electron chi connectivity index (χ0n) is 10.5. The first-order chi connectivity index (χ1) is 9.06. The van der Waals surface area contributed by atoms with Gasteiger partial charge in [0.2, 0.25) is 5.91 Å². The second-order valence-electron chi connectivity index (χ2n) is 4.84. The van der Waals surface area contributed by atoms with Gasteiger partial charge < -0.3 is 15.0 Å². The van der Waals surface area contributed by atoms with Crippen molar-refractivity contribution in [3.05, 3.63) is 33.2 Å². The van der Waals surface area contributed by atoms with Gasteiger partial charge in [0, 0.05) is 16.7 Å². The maximum absolute atomic E-state index is 11.9. The first-order valence-electron chi connectivity index (χ1n) is 6.39. The van der Waals surface area contributed by atoms with Crippen LogP contribution in [-0.2, 0) is 11.3 Å². The molecule has 0 radical (unpaired) electrons. The summed E-state index contributed by atoms with van der Waals surface area (Å²) in [6.45, 7) is -0.0263. The van der Waals surface area contributed by atoms with E-state index in [0.29, 0.717) is 0 Å². The molecule has 0 bridgehead atoms. The molecule has 1 aliphatic carbocycles. The van der Waals surface area contributed by atoms with E-state index in [1.807, 2.05) is 0 Å². The number of pyridine rings is 1. The molecule has 1 fully saturated rings. The first-order valence-corrected chi connectivity index (χ1v) is 7.19. The SMILES string of the molecule is O=C(Cn1cc(Br)ccc1=O)NC1CCCCC1O. The number of aliphatic hydroxyl groups is 1. The summed E-state index contributed by atoms with van der Waals surface area (Å²) in [6, 6.07) is 2.86. The van der Waals surface area contributed by atoms with E-state index in [0.717, 1.165) is 30.2 Å². The van der Waals surface area contributed by atoms with Gasteiger partial charge in [0.1, 0.15) is 6.54 Å². The Morgan fingerprint density at radius 3 is 2.89 bits per heavy atom. The number of hydrogen-bond acceptors (Lipinski definition) is 3. The second-order valence-corrected chi connectivity index (χ2v) is 5.75. The van der Waals surface area contributed by atoms with Crippen LogP contribution in [0, 0.1) is 0 Å². The van der Waals surface area contributed by atoms with Crippen LogP contribution in [0.4, 0.5) is 0 Å². The second kappa shape index (κ2) is 6.34. The molecule has 1 amide bonds. The van der Waals surface area contributed by atoms with Crippen molar-refractivity contribution in [3.63, 3.8) is 0 Å². The third kappa shape index (κ3) is 3.91. The minimum atomic E-state index is -0.475. The Labute approximate surface area is 119 Å². The smallest absolute Gasteiger partial charge is 0.251 e. The molecule has 2 N–H and O–H groups in total. The molecule has 2 atom stereocenters. The van der Waals surface area contributed by atoms with Crippen molar-refractivity contribution < 1.29 is 9.90 Å². The van der Waals surface area contributed by atoms with Gasteiger partial charge in [0.15, 0.2) is 0 Å². The molecule has 1 aromatic heterocycles. The predicted octanol–water partition coefficient (Wildman–Crippen LogP) is 1.03. The van der Waals surface area contributed by atoms with E-state index in [-0.39, 0.29) is 24.1 Å². The summed E-state index contributed by atoms with van der Waals surface area (Å²) < 4.78 is 2.09. The normalized spacial score (nSPS) is 23.1. The molecule has 2 unspecified atom stereocenters. The van der Waals surface area contributed by atoms with Crippen molar-refractivity contribution in [2.75, 3.05) is 0 Å². The van der Waals surface area contributed by atoms with Crippen LogP contribution in [0.3, 0.4) is 0 Å². The summed E-state index contributed by atoms with van der Waals surface area (Å²) in [4.78, 5) is 23.5. The molecule has 19 heavy (non-hydrogen) atoms. The van der Waals surface area contributed by atoms with E-state index in [9.17, 15) is 14.7 Å². The molecule has 0 aliphatic heterocycles. The Balaban J connectivity index is 1.97. The summed E-state index contributed by atoms with van der Waals surface area (Å²) in [5.41, 5.74) is -0.220. The summed E-state index contributed by atoms with van der Waals surface area (Å²) >= 11 is 3.26. The van der Waals surface area contributed by atoms with Crippen LogP contribution in [0.2, 0.25) is 0 Å². The van der Waals surface area contributed by atoms with E-state index in [4.69, 9.17) is 0 Å². The maximum atomic E-state index is 11.9. The number of aliphatic hydroxyl groups excluding tert-OH is 1. The van der Waals surface area contributed by atoms with Crippen LogP contribution in [-0.4, -0.2) is 27.7 Å². The lowest BCUT2D eigenvalue weighted by molar-refractivity contribution is -0.123. The molecular formula is C13H17BrN2O3. The Kier molecular flexibility index (Phi) is 4.76. The lowest BCUT2D eigenvalue weighted by Gasteiger charge is -2.28. The summed E-state index contributed by atoms with van der Waals surface area (Å²) in [7, 11) is 0. The Bertz CT molecular complexity index is 515. The Morgan fingerprint density at radius 2 is 2.16 bits per heavy atom. The van der Waals surface area contributed by atoms with Crippen molar-refractivity contribution in [1.29, 1.82) is 0 Å². The first kappa shape index (κ1) is 14.3. The minimum Gasteiger partial charge on any atom is -0.391 e. The van der Waals surface area contributed by atoms with Crippen molar-refractivity contribution in [1.82, 2.24) is 9.88 Å². The van der Waals surface area contributed by atoms with Crippen LogP contribution in [0.1, 0.15) is 25.7 Å². The van der Waals surface area contributed by atoms with Gasteiger partial charge >= 0.3 is 0 Å². The van der Waals surface area contributed by atoms with Crippen LogP contribution >= 0.6 is 15.9 Å². The summed E-state index contributed by atoms with van der Waals surface area (Å²) in [6.07, 6.45) is 4.63. The summed E-state index contributed by atoms with van der Waals surface area (Å²) in [5.74, 6) is -0.244. The number of carbonyl (C=O) groups is 1. The van der Waals surface area contributed by atoms with Crippen LogP contribution in [0.5, 0.6) is 0 Å². The fourth-order valence-electron chi connectivity index (χ4n) is 2.31. The van der Waals surface area contributed by atoms with Crippen molar-refractivity contribution in [3.8, 4) is 0 Å². The Morgan fingerprint density at radius 1 is 1.42 bits per heavy atom. The molecule has 0 saturated heterocycles. The van der Waals surface area contributed by atoms with Gasteiger partial charge in [0.05, 0.1) is 12.1 Å². The van der Waals surface area contributed by atoms with Crippen molar-refractivity contribution >= 4 is 21.8 Å². The van der Waals surface area contributed by atoms with Gasteiger partial charge in [-0.3, -0.25) is 9.59 Å². The van der Waals surface area contributed by atoms with E-state index in [1.165, 1.54) is 10.6 Å². The third-order valence-corrected chi connectivity index (χ3v) is 3.81. The zero-order valence-corrected chi connectivity index (χ0v) is 12.1. The molecule has 2 rings (SSSR count). The van der Waals surface area contributed by atoms with Crippen molar-refractivity contribution in [2.24, 2.45) is 0 Å². The zero-order chi connectivity index (χ0) is 13.8. The molecule has 104 valence electrons. The lowest BCUT2D eigenvalue weighted by Crippen LogP contribution is -2.46. The third-order valence-electron chi connectivity index (χ3n) is 3.34. The molecular weight excluding hydrogens is 312 g/mol. The predicted molar refractivity (Wildman–Crippen MR) is 74.8 cm³/mol. The molecule has 0 aromatic carbocycles. The highest BCUT2D eigenvalue weighted by atomic mass is 79.9. The quantitative estimate of drug-likeness (QED) is 0.870. The number of hydrogen-bond donors (Lipinski definition) is 2. The number of rotatable bonds is 3. The van der Waals surface area contributed by atoms with E-state index in [1.54, 1.807) is 12.3 Å². The highest BCUT2D eigenvalue weighted by Crippen LogP contribution is 2.18. The average molecular weight is 329 g/mol. The van der Waals surface area contributed by atoms with Gasteiger partial charge in [-0.15, -0.1) is 0 Å². The fourth-order valence-corrected chi connectivity index (χ4v) is 2.69. The van der Waals surface area contributed by atoms with Crippen LogP contribution in [0.25, 0.3) is 0 Å². The maximum Gasteiger partial charge on any atom is 0.251 e. The number of carbonyl (C=O) groups excluding carboxylic acids is 1. The molecule has 5 nitrogen and oxygen atoms in total. The highest BCUT2D eigenvalue weighted by molar-refractivity contribution is 9.10. The number of nitrogens with one attached hydrogen (secondary N) is 1. The monoisotopic (exact) mass is 328 g/mol. The lowest BCUT2D eigenvalue weighted by atomic mass is 9.92. The summed E-state index contributed by atoms with van der Waals surface area (Å²) in [5, 5.41) is 12.6. The van der Waals surface area contributed by atoms with Crippen LogP contribution < -0.4 is 10.9 Å². The largest absolute Gasteiger partial charge is 0.391 e. The highest BCUT2D eigenvalue weighted by Gasteiger charge is 2.24. The number of aromatic nitrogens is 1. The van der Waals surface area contributed by atoms with Gasteiger partial charge in [-0.2, -0.15) is 0 Å². The van der Waals surface area contributed by atoms with E-state index < -0.39 is 6.10 Å². The van der Waals surface area contributed by atoms with Crippen LogP contribution in [0.15, 0.2) is 27.6 Å². The van der Waals surface area contributed by atoms with Crippen molar-refractivity contribution in [2.45, 2.75) is 44.4 Å². The molecule has 0 spiro atoms. The van der Waals surface area contributed by atoms with Gasteiger partial charge in [-0.1, -0.05) is 12.8 Å². The molecule has 1 aliphatic rings. The molecule has 1 heterocycles. The average Bonchev–Trinajstić information content (AvgIpc) is 2.37. The Hall–Kier alpha value is -1.14. The number of halogens is 1. The van der Waals surface area contributed by atoms with Gasteiger partial charge in [-0.05, 0) is 34.8 Å². The number of nitrogens with zero attached hydrogens (tertiary/aromatic N) is 1. The number of amides is 1. The van der Waals surface area contributed by atoms with Gasteiger partial charge in [-0.25, -0.2) is 0 Å². The topological polar surface area (TPSA) is 71.3 Å². The van der Waals surface area contributed by atoms with Gasteiger partial charge in [0.25, 0.3) is 5.56 Å². The van der Waals surface area contributed by atoms with E-state index in [2.05, 4.69) is 21.2 Å². The fraction of sp³-hybridized carbons (Fsp3) is 0.538. The minimum absolute atomic E-state index is 0.0263. The molecule has 6 heteroatoms. The standard InChI is InChI=1S/C13H17BrN2O3/c14-9-5-6-13(19)16(7-9)8-12(18)15-10-3-1-2-4-11(10)17/h5-7,10-11,17H,1-4,8H2,(H,15,18).